The van der Waals surface area contributed by atoms with Crippen molar-refractivity contribution in [2.45, 2.75) is 261 Å². The molecule has 3 aliphatic carbocycles. The van der Waals surface area contributed by atoms with E-state index in [-0.39, 0.29) is 0 Å². The largest absolute Gasteiger partial charge is 0.0654 e. The van der Waals surface area contributed by atoms with Crippen molar-refractivity contribution >= 4 is 0 Å². The number of fused-ring (bicyclic) bond motifs is 1. The summed E-state index contributed by atoms with van der Waals surface area (Å²) in [6, 6.07) is 0. The molecule has 0 saturated heterocycles. The minimum Gasteiger partial charge on any atom is -0.0654 e. The van der Waals surface area contributed by atoms with Crippen LogP contribution < -0.4 is 0 Å². The maximum atomic E-state index is 2.46. The summed E-state index contributed by atoms with van der Waals surface area (Å²) in [4.78, 5) is 0. The first-order chi connectivity index (χ1) is 23.5. The number of allylic oxidation sites excluding steroid dienone is 4. The lowest BCUT2D eigenvalue weighted by atomic mass is 9.59. The molecule has 0 N–H and O–H groups in total. The van der Waals surface area contributed by atoms with Gasteiger partial charge in [0, 0.05) is 21.7 Å². The molecule has 0 unspecified atom stereocenters. The van der Waals surface area contributed by atoms with Crippen LogP contribution in [0.3, 0.4) is 0 Å². The van der Waals surface area contributed by atoms with Gasteiger partial charge in [0.15, 0.2) is 0 Å². The molecule has 3 aliphatic rings. The SMILES string of the molecule is CCCCCC1=C(CCCCC)C2(CCCCC)C3(CCCCC)C(CCCCC)=C(CCCCC)C1(CCCCC)C23CCCCC. The maximum absolute atomic E-state index is 2.46. The predicted octanol–water partition coefficient (Wildman–Crippen LogP) is 17.2. The Balaban J connectivity index is 2.47. The number of rotatable bonds is 32. The molecular formula is C48H88. The van der Waals surface area contributed by atoms with Crippen molar-refractivity contribution in [1.29, 1.82) is 0 Å². The quantitative estimate of drug-likeness (QED) is 0.0496. The van der Waals surface area contributed by atoms with E-state index in [2.05, 4.69) is 77.7 Å². The van der Waals surface area contributed by atoms with Crippen LogP contribution in [0.2, 0.25) is 0 Å². The molecule has 0 spiro atoms. The molecule has 0 radical (unpaired) electrons. The van der Waals surface area contributed by atoms with Crippen molar-refractivity contribution in [2.75, 3.05) is 0 Å². The molecule has 1 saturated carbocycles. The molecule has 0 aromatic carbocycles. The Morgan fingerprint density at radius 2 is 0.542 bits per heavy atom. The van der Waals surface area contributed by atoms with Gasteiger partial charge in [-0.1, -0.05) is 206 Å². The molecule has 0 amide bonds. The smallest absolute Gasteiger partial charge is 0.0200 e. The van der Waals surface area contributed by atoms with E-state index in [1.54, 1.807) is 0 Å². The van der Waals surface area contributed by atoms with Gasteiger partial charge in [-0.3, -0.25) is 0 Å². The summed E-state index contributed by atoms with van der Waals surface area (Å²) in [6.45, 7) is 19.6. The van der Waals surface area contributed by atoms with Crippen molar-refractivity contribution < 1.29 is 0 Å². The molecule has 48 heavy (non-hydrogen) atoms. The normalized spacial score (nSPS) is 27.5. The lowest BCUT2D eigenvalue weighted by Gasteiger charge is -2.44. The summed E-state index contributed by atoms with van der Waals surface area (Å²) in [6.07, 6.45) is 45.7. The van der Waals surface area contributed by atoms with Crippen LogP contribution in [-0.4, -0.2) is 0 Å². The molecule has 0 heterocycles. The van der Waals surface area contributed by atoms with Crippen LogP contribution in [0.1, 0.15) is 261 Å². The molecule has 0 atom stereocenters. The third-order valence-electron chi connectivity index (χ3n) is 14.4. The zero-order chi connectivity index (χ0) is 34.9. The van der Waals surface area contributed by atoms with Gasteiger partial charge in [-0.15, -0.1) is 0 Å². The van der Waals surface area contributed by atoms with E-state index in [1.165, 1.54) is 205 Å². The minimum absolute atomic E-state index is 0.388. The number of unbranched alkanes of at least 4 members (excludes halogenated alkanes) is 16. The van der Waals surface area contributed by atoms with Crippen molar-refractivity contribution in [3.63, 3.8) is 0 Å². The van der Waals surface area contributed by atoms with Crippen LogP contribution in [0.4, 0.5) is 0 Å². The van der Waals surface area contributed by atoms with Gasteiger partial charge in [-0.25, -0.2) is 0 Å². The molecule has 0 aromatic heterocycles. The summed E-state index contributed by atoms with van der Waals surface area (Å²) >= 11 is 0. The Bertz CT molecular complexity index is 899. The molecule has 280 valence electrons. The zero-order valence-electron chi connectivity index (χ0n) is 34.6. The topological polar surface area (TPSA) is 0 Å². The van der Waals surface area contributed by atoms with Crippen LogP contribution in [0.15, 0.2) is 22.3 Å². The predicted molar refractivity (Wildman–Crippen MR) is 217 cm³/mol. The first-order valence-electron chi connectivity index (χ1n) is 23.0. The van der Waals surface area contributed by atoms with Gasteiger partial charge in [0.1, 0.15) is 0 Å². The van der Waals surface area contributed by atoms with Gasteiger partial charge < -0.3 is 0 Å². The van der Waals surface area contributed by atoms with E-state index in [4.69, 9.17) is 0 Å². The summed E-state index contributed by atoms with van der Waals surface area (Å²) in [7, 11) is 0. The second-order valence-corrected chi connectivity index (χ2v) is 17.2. The van der Waals surface area contributed by atoms with E-state index < -0.39 is 0 Å². The van der Waals surface area contributed by atoms with E-state index in [1.807, 2.05) is 0 Å². The van der Waals surface area contributed by atoms with Crippen molar-refractivity contribution in [3.8, 4) is 0 Å². The Morgan fingerprint density at radius 1 is 0.271 bits per heavy atom. The lowest BCUT2D eigenvalue weighted by molar-refractivity contribution is 0.150. The van der Waals surface area contributed by atoms with Crippen LogP contribution >= 0.6 is 0 Å². The number of hydrogen-bond donors (Lipinski definition) is 0. The fourth-order valence-corrected chi connectivity index (χ4v) is 12.8. The van der Waals surface area contributed by atoms with Crippen molar-refractivity contribution in [1.82, 2.24) is 0 Å². The summed E-state index contributed by atoms with van der Waals surface area (Å²) in [5.74, 6) is 0. The van der Waals surface area contributed by atoms with Crippen LogP contribution in [0, 0.1) is 21.7 Å². The molecule has 0 bridgehead atoms. The van der Waals surface area contributed by atoms with E-state index in [0.29, 0.717) is 21.7 Å². The molecule has 0 heteroatoms. The Morgan fingerprint density at radius 3 is 0.875 bits per heavy atom. The first-order valence-corrected chi connectivity index (χ1v) is 23.0. The summed E-state index contributed by atoms with van der Waals surface area (Å²) < 4.78 is 0. The molecule has 0 nitrogen and oxygen atoms in total. The van der Waals surface area contributed by atoms with Gasteiger partial charge >= 0.3 is 0 Å². The van der Waals surface area contributed by atoms with Gasteiger partial charge in [-0.05, 0) is 77.0 Å². The summed E-state index contributed by atoms with van der Waals surface area (Å²) in [5, 5.41) is 0. The average molecular weight is 665 g/mol. The van der Waals surface area contributed by atoms with Crippen LogP contribution in [0.25, 0.3) is 0 Å². The first kappa shape index (κ1) is 41.9. The second-order valence-electron chi connectivity index (χ2n) is 17.2. The zero-order valence-corrected chi connectivity index (χ0v) is 34.6. The fraction of sp³-hybridized carbons (Fsp3) is 0.917. The second kappa shape index (κ2) is 21.1. The van der Waals surface area contributed by atoms with Crippen molar-refractivity contribution in [2.24, 2.45) is 21.7 Å². The van der Waals surface area contributed by atoms with E-state index in [9.17, 15) is 0 Å². The van der Waals surface area contributed by atoms with Crippen molar-refractivity contribution in [3.05, 3.63) is 22.3 Å². The van der Waals surface area contributed by atoms with E-state index >= 15 is 0 Å². The lowest BCUT2D eigenvalue weighted by Crippen LogP contribution is -2.36. The minimum atomic E-state index is 0.388. The highest BCUT2D eigenvalue weighted by atomic mass is 15.0. The third-order valence-corrected chi connectivity index (χ3v) is 14.4. The van der Waals surface area contributed by atoms with Crippen LogP contribution in [0.5, 0.6) is 0 Å². The Labute approximate surface area is 303 Å². The maximum Gasteiger partial charge on any atom is 0.0200 e. The van der Waals surface area contributed by atoms with Gasteiger partial charge in [0.25, 0.3) is 0 Å². The van der Waals surface area contributed by atoms with Gasteiger partial charge in [-0.2, -0.15) is 0 Å². The van der Waals surface area contributed by atoms with E-state index in [0.717, 1.165) is 0 Å². The monoisotopic (exact) mass is 665 g/mol. The van der Waals surface area contributed by atoms with Gasteiger partial charge in [0.2, 0.25) is 0 Å². The molecule has 0 aliphatic heterocycles. The highest BCUT2D eigenvalue weighted by Crippen LogP contribution is 3.03. The molecule has 3 rings (SSSR count). The number of hydrogen-bond acceptors (Lipinski definition) is 0. The molecular weight excluding hydrogens is 577 g/mol. The highest BCUT2D eigenvalue weighted by Gasteiger charge is 2.96. The van der Waals surface area contributed by atoms with Crippen LogP contribution in [-0.2, 0) is 0 Å². The highest BCUT2D eigenvalue weighted by molar-refractivity contribution is 5.70. The Kier molecular flexibility index (Phi) is 18.4. The third kappa shape index (κ3) is 7.51. The molecule has 0 aromatic rings. The molecule has 1 fully saturated rings. The Hall–Kier alpha value is -0.520. The average Bonchev–Trinajstić information content (AvgIpc) is 3.45. The standard InChI is InChI=1S/C48H88/c1-9-17-25-33-41-43(35-27-19-11-3)46(38-30-22-14-6)47(39-31-23-15-7)44(36-28-20-12-4)42(34-26-18-10-2)45(41,37-29-21-13-5)48(46,47)40-32-24-16-8/h9-40H2,1-8H3. The van der Waals surface area contributed by atoms with Gasteiger partial charge in [0.05, 0.1) is 0 Å². The fourth-order valence-electron chi connectivity index (χ4n) is 12.8. The summed E-state index contributed by atoms with van der Waals surface area (Å²) in [5.41, 5.74) is 10.3.